The van der Waals surface area contributed by atoms with E-state index in [1.54, 1.807) is 13.8 Å². The van der Waals surface area contributed by atoms with Crippen molar-refractivity contribution in [1.29, 1.82) is 0 Å². The molecule has 0 bridgehead atoms. The highest BCUT2D eigenvalue weighted by molar-refractivity contribution is 7.99. The molecule has 0 fully saturated rings. The Morgan fingerprint density at radius 1 is 1.45 bits per heavy atom. The number of oxazole rings is 1. The van der Waals surface area contributed by atoms with Crippen molar-refractivity contribution in [2.24, 2.45) is 0 Å². The molecule has 0 unspecified atom stereocenters. The average Bonchev–Trinajstić information content (AvgIpc) is 2.67. The molecule has 1 aromatic carbocycles. The number of aryl methyl sites for hydroxylation is 2. The lowest BCUT2D eigenvalue weighted by molar-refractivity contribution is -0.385. The van der Waals surface area contributed by atoms with E-state index in [0.29, 0.717) is 15.9 Å². The molecule has 0 saturated heterocycles. The van der Waals surface area contributed by atoms with Crippen molar-refractivity contribution in [3.05, 3.63) is 45.3 Å². The molecule has 104 valence electrons. The topological polar surface area (TPSA) is 106 Å². The number of nitro groups is 1. The molecule has 0 aliphatic heterocycles. The van der Waals surface area contributed by atoms with E-state index in [-0.39, 0.29) is 5.56 Å². The second-order valence-electron chi connectivity index (χ2n) is 3.96. The molecule has 20 heavy (non-hydrogen) atoms. The van der Waals surface area contributed by atoms with Crippen LogP contribution in [-0.2, 0) is 0 Å². The fraction of sp³-hybridized carbons (Fsp3) is 0.167. The quantitative estimate of drug-likeness (QED) is 0.682. The molecule has 0 aliphatic rings. The molecule has 0 atom stereocenters. The lowest BCUT2D eigenvalue weighted by Crippen LogP contribution is -2.02. The summed E-state index contributed by atoms with van der Waals surface area (Å²) in [5, 5.41) is 20.1. The third-order valence-corrected chi connectivity index (χ3v) is 3.45. The first-order valence-electron chi connectivity index (χ1n) is 5.52. The van der Waals surface area contributed by atoms with Gasteiger partial charge in [-0.2, -0.15) is 0 Å². The monoisotopic (exact) mass is 294 g/mol. The largest absolute Gasteiger partial charge is 0.477 e. The summed E-state index contributed by atoms with van der Waals surface area (Å²) >= 11 is 1.11. The van der Waals surface area contributed by atoms with Crippen LogP contribution in [0, 0.1) is 24.0 Å². The van der Waals surface area contributed by atoms with E-state index in [1.807, 2.05) is 0 Å². The van der Waals surface area contributed by atoms with Gasteiger partial charge in [-0.1, -0.05) is 0 Å². The van der Waals surface area contributed by atoms with Crippen LogP contribution in [0.25, 0.3) is 0 Å². The molecular formula is C12H10N2O5S. The Hall–Kier alpha value is -2.35. The summed E-state index contributed by atoms with van der Waals surface area (Å²) in [5.41, 5.74) is -0.0607. The number of hydrogen-bond donors (Lipinski definition) is 1. The van der Waals surface area contributed by atoms with Gasteiger partial charge < -0.3 is 9.52 Å². The average molecular weight is 294 g/mol. The number of aromatic carboxylic acids is 1. The summed E-state index contributed by atoms with van der Waals surface area (Å²) < 4.78 is 5.37. The highest BCUT2D eigenvalue weighted by atomic mass is 32.2. The lowest BCUT2D eigenvalue weighted by atomic mass is 10.2. The first kappa shape index (κ1) is 14.1. The number of carboxylic acid groups (broad SMARTS) is 1. The summed E-state index contributed by atoms with van der Waals surface area (Å²) in [6.07, 6.45) is 0. The van der Waals surface area contributed by atoms with Gasteiger partial charge in [0, 0.05) is 11.0 Å². The van der Waals surface area contributed by atoms with Gasteiger partial charge in [-0.05, 0) is 37.7 Å². The van der Waals surface area contributed by atoms with Crippen LogP contribution in [0.3, 0.4) is 0 Å². The molecule has 0 saturated carbocycles. The molecule has 8 heteroatoms. The molecule has 2 rings (SSSR count). The van der Waals surface area contributed by atoms with Crippen LogP contribution >= 0.6 is 11.8 Å². The molecule has 0 amide bonds. The molecule has 0 aliphatic carbocycles. The zero-order valence-electron chi connectivity index (χ0n) is 10.6. The maximum absolute atomic E-state index is 11.0. The smallest absolute Gasteiger partial charge is 0.342 e. The van der Waals surface area contributed by atoms with Gasteiger partial charge in [-0.25, -0.2) is 9.78 Å². The van der Waals surface area contributed by atoms with Gasteiger partial charge >= 0.3 is 5.97 Å². The number of benzene rings is 1. The van der Waals surface area contributed by atoms with Crippen molar-refractivity contribution in [2.45, 2.75) is 24.0 Å². The van der Waals surface area contributed by atoms with E-state index in [4.69, 9.17) is 9.52 Å². The number of nitrogens with zero attached hydrogens (tertiary/aromatic N) is 2. The van der Waals surface area contributed by atoms with Gasteiger partial charge in [0.2, 0.25) is 0 Å². The predicted octanol–water partition coefficient (Wildman–Crippen LogP) is 3.05. The summed E-state index contributed by atoms with van der Waals surface area (Å²) in [5.74, 6) is -0.674. The Kier molecular flexibility index (Phi) is 3.75. The lowest BCUT2D eigenvalue weighted by Gasteiger charge is -2.01. The van der Waals surface area contributed by atoms with Crippen LogP contribution in [0.4, 0.5) is 5.69 Å². The fourth-order valence-corrected chi connectivity index (χ4v) is 2.36. The summed E-state index contributed by atoms with van der Waals surface area (Å²) in [6.45, 7) is 3.56. The van der Waals surface area contributed by atoms with Crippen LogP contribution in [0.5, 0.6) is 0 Å². The van der Waals surface area contributed by atoms with Gasteiger partial charge in [-0.15, -0.1) is 0 Å². The number of rotatable bonds is 4. The standard InChI is InChI=1S/C12H10N2O5S/c1-6-7(2)19-12(13-6)20-8-3-4-10(14(17)18)9(5-8)11(15)16/h3-5H,1-2H3,(H,15,16). The van der Waals surface area contributed by atoms with Gasteiger partial charge in [0.1, 0.15) is 11.3 Å². The number of nitro benzene ring substituents is 1. The van der Waals surface area contributed by atoms with Crippen molar-refractivity contribution < 1.29 is 19.2 Å². The van der Waals surface area contributed by atoms with Crippen molar-refractivity contribution in [2.75, 3.05) is 0 Å². The number of hydrogen-bond acceptors (Lipinski definition) is 6. The Bertz CT molecular complexity index is 676. The Morgan fingerprint density at radius 3 is 2.65 bits per heavy atom. The van der Waals surface area contributed by atoms with Crippen LogP contribution in [0.15, 0.2) is 32.7 Å². The molecule has 0 spiro atoms. The molecule has 1 heterocycles. The third-order valence-electron chi connectivity index (χ3n) is 2.61. The minimum Gasteiger partial charge on any atom is -0.477 e. The maximum Gasteiger partial charge on any atom is 0.342 e. The van der Waals surface area contributed by atoms with Crippen LogP contribution in [0.2, 0.25) is 0 Å². The molecule has 7 nitrogen and oxygen atoms in total. The van der Waals surface area contributed by atoms with Crippen molar-refractivity contribution >= 4 is 23.4 Å². The molecule has 2 aromatic rings. The fourth-order valence-electron chi connectivity index (χ4n) is 1.50. The minimum absolute atomic E-state index is 0.361. The number of aromatic nitrogens is 1. The van der Waals surface area contributed by atoms with Crippen LogP contribution in [0.1, 0.15) is 21.8 Å². The van der Waals surface area contributed by atoms with Crippen molar-refractivity contribution in [3.63, 3.8) is 0 Å². The Morgan fingerprint density at radius 2 is 2.15 bits per heavy atom. The van der Waals surface area contributed by atoms with E-state index >= 15 is 0 Å². The molecule has 0 radical (unpaired) electrons. The SMILES string of the molecule is Cc1nc(Sc2ccc([N+](=O)[O-])c(C(=O)O)c2)oc1C. The van der Waals surface area contributed by atoms with Crippen LogP contribution in [-0.4, -0.2) is 21.0 Å². The van der Waals surface area contributed by atoms with E-state index in [2.05, 4.69) is 4.98 Å². The highest BCUT2D eigenvalue weighted by Crippen LogP contribution is 2.31. The first-order valence-corrected chi connectivity index (χ1v) is 6.33. The number of carbonyl (C=O) groups is 1. The van der Waals surface area contributed by atoms with Gasteiger partial charge in [-0.3, -0.25) is 10.1 Å². The summed E-state index contributed by atoms with van der Waals surface area (Å²) in [4.78, 5) is 25.7. The van der Waals surface area contributed by atoms with Crippen molar-refractivity contribution in [1.82, 2.24) is 4.98 Å². The second-order valence-corrected chi connectivity index (χ2v) is 4.99. The zero-order chi connectivity index (χ0) is 14.9. The first-order chi connectivity index (χ1) is 9.38. The highest BCUT2D eigenvalue weighted by Gasteiger charge is 2.20. The number of carboxylic acids is 1. The molecular weight excluding hydrogens is 284 g/mol. The second kappa shape index (κ2) is 5.33. The zero-order valence-corrected chi connectivity index (χ0v) is 11.4. The van der Waals surface area contributed by atoms with Crippen LogP contribution < -0.4 is 0 Å². The predicted molar refractivity (Wildman–Crippen MR) is 70.2 cm³/mol. The van der Waals surface area contributed by atoms with E-state index in [1.165, 1.54) is 12.1 Å². The van der Waals surface area contributed by atoms with E-state index < -0.39 is 16.6 Å². The molecule has 1 N–H and O–H groups in total. The molecule has 1 aromatic heterocycles. The Balaban J connectivity index is 2.36. The van der Waals surface area contributed by atoms with E-state index in [9.17, 15) is 14.9 Å². The summed E-state index contributed by atoms with van der Waals surface area (Å²) in [7, 11) is 0. The minimum atomic E-state index is -1.35. The van der Waals surface area contributed by atoms with Gasteiger partial charge in [0.15, 0.2) is 0 Å². The maximum atomic E-state index is 11.0. The van der Waals surface area contributed by atoms with E-state index in [0.717, 1.165) is 23.5 Å². The van der Waals surface area contributed by atoms with Gasteiger partial charge in [0.25, 0.3) is 10.9 Å². The normalized spacial score (nSPS) is 10.5. The van der Waals surface area contributed by atoms with Crippen molar-refractivity contribution in [3.8, 4) is 0 Å². The summed E-state index contributed by atoms with van der Waals surface area (Å²) in [6, 6.07) is 3.86. The van der Waals surface area contributed by atoms with Gasteiger partial charge in [0.05, 0.1) is 10.6 Å². The third kappa shape index (κ3) is 2.80. The Labute approximate surface area is 117 Å².